The van der Waals surface area contributed by atoms with E-state index in [1.165, 1.54) is 24.9 Å². The number of piperidine rings is 1. The van der Waals surface area contributed by atoms with Gasteiger partial charge in [0.2, 0.25) is 0 Å². The molecule has 17 heavy (non-hydrogen) atoms. The van der Waals surface area contributed by atoms with Crippen molar-refractivity contribution < 1.29 is 4.79 Å². The van der Waals surface area contributed by atoms with Crippen LogP contribution in [0.2, 0.25) is 0 Å². The van der Waals surface area contributed by atoms with Gasteiger partial charge < -0.3 is 9.69 Å². The minimum absolute atomic E-state index is 0.750. The molecule has 0 amide bonds. The molecule has 1 heterocycles. The lowest BCUT2D eigenvalue weighted by atomic mass is 10.1. The number of anilines is 1. The van der Waals surface area contributed by atoms with Crippen LogP contribution in [0.4, 0.5) is 5.69 Å². The van der Waals surface area contributed by atoms with Crippen LogP contribution < -0.4 is 4.90 Å². The molecule has 0 saturated carbocycles. The maximum Gasteiger partial charge on any atom is 0.160 e. The molecule has 0 radical (unpaired) electrons. The normalized spacial score (nSPS) is 16.9. The van der Waals surface area contributed by atoms with E-state index in [2.05, 4.69) is 48.9 Å². The largest absolute Gasteiger partial charge is 0.372 e. The fourth-order valence-electron chi connectivity index (χ4n) is 2.11. The molecule has 1 saturated heterocycles. The van der Waals surface area contributed by atoms with Gasteiger partial charge in [-0.25, -0.2) is 0 Å². The zero-order chi connectivity index (χ0) is 12.3. The van der Waals surface area contributed by atoms with Crippen LogP contribution in [-0.4, -0.2) is 19.4 Å². The topological polar surface area (TPSA) is 20.3 Å². The van der Waals surface area contributed by atoms with Crippen molar-refractivity contribution >= 4 is 43.8 Å². The zero-order valence-electron chi connectivity index (χ0n) is 9.53. The van der Waals surface area contributed by atoms with Crippen LogP contribution in [-0.2, 0) is 8.03 Å². The maximum absolute atomic E-state index is 10.9. The molecule has 2 nitrogen and oxygen atoms in total. The van der Waals surface area contributed by atoms with Crippen molar-refractivity contribution in [1.29, 1.82) is 0 Å². The SMILES string of the molecule is O=CC(Br)(Br)c1ccc(N2CCCCC2)cc1. The van der Waals surface area contributed by atoms with Gasteiger partial charge in [0.15, 0.2) is 9.52 Å². The van der Waals surface area contributed by atoms with Crippen molar-refractivity contribution in [2.45, 2.75) is 22.5 Å². The highest BCUT2D eigenvalue weighted by Gasteiger charge is 2.24. The third-order valence-corrected chi connectivity index (χ3v) is 4.41. The molecule has 1 aliphatic rings. The molecule has 1 aromatic carbocycles. The number of hydrogen-bond donors (Lipinski definition) is 0. The van der Waals surface area contributed by atoms with Crippen molar-refractivity contribution in [2.75, 3.05) is 18.0 Å². The summed E-state index contributed by atoms with van der Waals surface area (Å²) < 4.78 is -0.750. The average Bonchev–Trinajstić information content (AvgIpc) is 2.40. The predicted octanol–water partition coefficient (Wildman–Crippen LogP) is 3.82. The lowest BCUT2D eigenvalue weighted by molar-refractivity contribution is -0.107. The Balaban J connectivity index is 2.15. The Morgan fingerprint density at radius 3 is 2.18 bits per heavy atom. The van der Waals surface area contributed by atoms with E-state index in [0.717, 1.165) is 24.9 Å². The summed E-state index contributed by atoms with van der Waals surface area (Å²) in [5.74, 6) is 0. The van der Waals surface area contributed by atoms with Gasteiger partial charge in [-0.05, 0) is 37.0 Å². The molecule has 4 heteroatoms. The number of rotatable bonds is 3. The molecular formula is C13H15Br2NO. The standard InChI is InChI=1S/C13H15Br2NO/c14-13(15,10-17)11-4-6-12(7-5-11)16-8-2-1-3-9-16/h4-7,10H,1-3,8-9H2. The predicted molar refractivity (Wildman–Crippen MR) is 78.1 cm³/mol. The second kappa shape index (κ2) is 5.53. The second-order valence-electron chi connectivity index (χ2n) is 4.34. The van der Waals surface area contributed by atoms with Gasteiger partial charge in [-0.1, -0.05) is 44.0 Å². The molecule has 1 aliphatic heterocycles. The van der Waals surface area contributed by atoms with Crippen molar-refractivity contribution in [3.63, 3.8) is 0 Å². The van der Waals surface area contributed by atoms with E-state index in [-0.39, 0.29) is 0 Å². The van der Waals surface area contributed by atoms with Crippen LogP contribution in [0, 0.1) is 0 Å². The number of alkyl halides is 2. The summed E-state index contributed by atoms with van der Waals surface area (Å²) in [6.45, 7) is 2.28. The second-order valence-corrected chi connectivity index (χ2v) is 7.90. The summed E-state index contributed by atoms with van der Waals surface area (Å²) in [4.78, 5) is 13.3. The van der Waals surface area contributed by atoms with Crippen LogP contribution >= 0.6 is 31.9 Å². The first-order chi connectivity index (χ1) is 8.13. The molecule has 0 aromatic heterocycles. The lowest BCUT2D eigenvalue weighted by Crippen LogP contribution is -2.29. The van der Waals surface area contributed by atoms with E-state index in [9.17, 15) is 4.79 Å². The highest BCUT2D eigenvalue weighted by atomic mass is 79.9. The first-order valence-corrected chi connectivity index (χ1v) is 7.42. The van der Waals surface area contributed by atoms with Gasteiger partial charge in [0.25, 0.3) is 0 Å². The van der Waals surface area contributed by atoms with Crippen molar-refractivity contribution in [3.8, 4) is 0 Å². The van der Waals surface area contributed by atoms with Crippen LogP contribution in [0.25, 0.3) is 0 Å². The zero-order valence-corrected chi connectivity index (χ0v) is 12.7. The van der Waals surface area contributed by atoms with E-state index in [4.69, 9.17) is 0 Å². The number of aldehydes is 1. The quantitative estimate of drug-likeness (QED) is 0.603. The molecule has 92 valence electrons. The van der Waals surface area contributed by atoms with Gasteiger partial charge in [-0.2, -0.15) is 0 Å². The van der Waals surface area contributed by atoms with Gasteiger partial charge >= 0.3 is 0 Å². The monoisotopic (exact) mass is 359 g/mol. The number of benzene rings is 1. The number of halogens is 2. The lowest BCUT2D eigenvalue weighted by Gasteiger charge is -2.29. The van der Waals surface area contributed by atoms with E-state index >= 15 is 0 Å². The first-order valence-electron chi connectivity index (χ1n) is 5.83. The fraction of sp³-hybridized carbons (Fsp3) is 0.462. The molecule has 1 aromatic rings. The summed E-state index contributed by atoms with van der Waals surface area (Å²) in [6.07, 6.45) is 4.74. The third kappa shape index (κ3) is 3.10. The first kappa shape index (κ1) is 13.1. The minimum Gasteiger partial charge on any atom is -0.372 e. The number of carbonyl (C=O) groups is 1. The van der Waals surface area contributed by atoms with E-state index in [1.807, 2.05) is 12.1 Å². The van der Waals surface area contributed by atoms with Crippen molar-refractivity contribution in [3.05, 3.63) is 29.8 Å². The molecule has 0 unspecified atom stereocenters. The molecule has 0 N–H and O–H groups in total. The minimum atomic E-state index is -0.750. The Morgan fingerprint density at radius 1 is 1.06 bits per heavy atom. The van der Waals surface area contributed by atoms with Crippen molar-refractivity contribution in [2.24, 2.45) is 0 Å². The van der Waals surface area contributed by atoms with E-state index in [0.29, 0.717) is 0 Å². The highest BCUT2D eigenvalue weighted by Crippen LogP contribution is 2.36. The fourth-order valence-corrected chi connectivity index (χ4v) is 2.64. The Morgan fingerprint density at radius 2 is 1.65 bits per heavy atom. The molecule has 2 rings (SSSR count). The van der Waals surface area contributed by atoms with Gasteiger partial charge in [-0.3, -0.25) is 0 Å². The Bertz CT molecular complexity index is 383. The van der Waals surface area contributed by atoms with Gasteiger partial charge in [0.05, 0.1) is 0 Å². The molecule has 0 atom stereocenters. The van der Waals surface area contributed by atoms with Gasteiger partial charge in [0, 0.05) is 18.8 Å². The summed E-state index contributed by atoms with van der Waals surface area (Å²) in [5, 5.41) is 0. The van der Waals surface area contributed by atoms with E-state index in [1.54, 1.807) is 0 Å². The number of nitrogens with zero attached hydrogens (tertiary/aromatic N) is 1. The number of carbonyl (C=O) groups excluding carboxylic acids is 1. The maximum atomic E-state index is 10.9. The molecular weight excluding hydrogens is 346 g/mol. The Kier molecular flexibility index (Phi) is 4.26. The summed E-state index contributed by atoms with van der Waals surface area (Å²) in [6, 6.07) is 8.15. The van der Waals surface area contributed by atoms with Gasteiger partial charge in [-0.15, -0.1) is 0 Å². The summed E-state index contributed by atoms with van der Waals surface area (Å²) in [5.41, 5.74) is 2.17. The smallest absolute Gasteiger partial charge is 0.160 e. The third-order valence-electron chi connectivity index (χ3n) is 3.12. The molecule has 0 spiro atoms. The van der Waals surface area contributed by atoms with Crippen LogP contribution in [0.15, 0.2) is 24.3 Å². The number of hydrogen-bond acceptors (Lipinski definition) is 2. The molecule has 1 fully saturated rings. The highest BCUT2D eigenvalue weighted by molar-refractivity contribution is 9.25. The molecule has 0 aliphatic carbocycles. The van der Waals surface area contributed by atoms with Crippen LogP contribution in [0.5, 0.6) is 0 Å². The van der Waals surface area contributed by atoms with Crippen molar-refractivity contribution in [1.82, 2.24) is 0 Å². The van der Waals surface area contributed by atoms with Crippen LogP contribution in [0.1, 0.15) is 24.8 Å². The summed E-state index contributed by atoms with van der Waals surface area (Å²) in [7, 11) is 0. The van der Waals surface area contributed by atoms with E-state index < -0.39 is 3.23 Å². The van der Waals surface area contributed by atoms with Crippen LogP contribution in [0.3, 0.4) is 0 Å². The molecule has 0 bridgehead atoms. The average molecular weight is 361 g/mol. The Hall–Kier alpha value is -0.350. The summed E-state index contributed by atoms with van der Waals surface area (Å²) >= 11 is 6.69. The van der Waals surface area contributed by atoms with Gasteiger partial charge in [0.1, 0.15) is 0 Å². The Labute approximate surface area is 119 Å².